The Balaban J connectivity index is 1.39. The highest BCUT2D eigenvalue weighted by Gasteiger charge is 2.27. The number of nitrogens with zero attached hydrogens (tertiary/aromatic N) is 3. The lowest BCUT2D eigenvalue weighted by molar-refractivity contribution is 0.666. The third kappa shape index (κ3) is 2.59. The summed E-state index contributed by atoms with van der Waals surface area (Å²) < 4.78 is 15.1. The van der Waals surface area contributed by atoms with Crippen LogP contribution in [-0.4, -0.2) is 14.5 Å². The van der Waals surface area contributed by atoms with Crippen LogP contribution in [0.15, 0.2) is 124 Å². The molecule has 0 atom stereocenters. The van der Waals surface area contributed by atoms with Gasteiger partial charge in [-0.2, -0.15) is 0 Å². The molecule has 0 spiro atoms. The summed E-state index contributed by atoms with van der Waals surface area (Å²) in [4.78, 5) is 10.5. The standard InChI is InChI=1S/C38H19N3O2/c1-2-8-21(9-3-1)35-37-36(24-11-4-5-14-27(24)43-37)40-38(39-35)41-25-17-16-20-10-6-12-22-23-13-7-15-28-31(23)34-29(42-28)19-18-26(41)33(34)32(25)30(20)22/h1-19H. The van der Waals surface area contributed by atoms with Crippen LogP contribution in [0.2, 0.25) is 0 Å². The predicted octanol–water partition coefficient (Wildman–Crippen LogP) is 10.2. The molecule has 4 heterocycles. The molecule has 0 unspecified atom stereocenters. The molecule has 6 aromatic carbocycles. The molecular weight excluding hydrogens is 530 g/mol. The molecule has 1 aliphatic carbocycles. The van der Waals surface area contributed by atoms with E-state index in [4.69, 9.17) is 18.8 Å². The highest BCUT2D eigenvalue weighted by molar-refractivity contribution is 6.37. The van der Waals surface area contributed by atoms with Gasteiger partial charge in [0.15, 0.2) is 5.58 Å². The number of benzene rings is 6. The fourth-order valence-corrected chi connectivity index (χ4v) is 7.41. The van der Waals surface area contributed by atoms with Crippen LogP contribution in [0.4, 0.5) is 0 Å². The molecule has 4 aromatic heterocycles. The minimum Gasteiger partial charge on any atom is -0.456 e. The van der Waals surface area contributed by atoms with E-state index < -0.39 is 0 Å². The fourth-order valence-electron chi connectivity index (χ4n) is 7.41. The second kappa shape index (κ2) is 7.46. The van der Waals surface area contributed by atoms with Crippen molar-refractivity contribution in [3.05, 3.63) is 115 Å². The van der Waals surface area contributed by atoms with Gasteiger partial charge >= 0.3 is 0 Å². The summed E-state index contributed by atoms with van der Waals surface area (Å²) in [5, 5.41) is 8.12. The molecule has 0 saturated carbocycles. The third-order valence-electron chi connectivity index (χ3n) is 9.14. The molecule has 0 bridgehead atoms. The molecule has 11 rings (SSSR count). The molecular formula is C38H19N3O2. The average Bonchev–Trinajstić information content (AvgIpc) is 3.70. The summed E-state index contributed by atoms with van der Waals surface area (Å²) >= 11 is 0. The molecule has 0 aliphatic heterocycles. The SMILES string of the molecule is c1ccc(-c2nc(-n3c4ccc5cccc6c5c4c4c5c(ccc43)oc3cccc-6c35)nc3c2oc2ccccc23)cc1. The molecule has 43 heavy (non-hydrogen) atoms. The van der Waals surface area contributed by atoms with E-state index in [1.165, 1.54) is 32.7 Å². The molecule has 0 amide bonds. The molecule has 0 N–H and O–H groups in total. The number of aromatic nitrogens is 3. The Labute approximate surface area is 243 Å². The van der Waals surface area contributed by atoms with E-state index in [0.29, 0.717) is 11.5 Å². The smallest absolute Gasteiger partial charge is 0.236 e. The summed E-state index contributed by atoms with van der Waals surface area (Å²) in [5.74, 6) is 0.614. The maximum atomic E-state index is 6.45. The van der Waals surface area contributed by atoms with Crippen LogP contribution in [0.25, 0.3) is 105 Å². The van der Waals surface area contributed by atoms with Crippen LogP contribution in [0.5, 0.6) is 0 Å². The Morgan fingerprint density at radius 2 is 1.21 bits per heavy atom. The first-order chi connectivity index (χ1) is 21.3. The fraction of sp³-hybridized carbons (Fsp3) is 0. The summed E-state index contributed by atoms with van der Waals surface area (Å²) in [5.41, 5.74) is 10.4. The molecule has 10 aromatic rings. The van der Waals surface area contributed by atoms with Crippen molar-refractivity contribution in [1.29, 1.82) is 0 Å². The highest BCUT2D eigenvalue weighted by atomic mass is 16.3. The first-order valence-corrected chi connectivity index (χ1v) is 14.4. The average molecular weight is 550 g/mol. The van der Waals surface area contributed by atoms with Crippen molar-refractivity contribution in [3.8, 4) is 28.3 Å². The molecule has 1 aliphatic rings. The van der Waals surface area contributed by atoms with Crippen molar-refractivity contribution in [2.75, 3.05) is 0 Å². The van der Waals surface area contributed by atoms with E-state index in [1.807, 2.05) is 36.4 Å². The lowest BCUT2D eigenvalue weighted by atomic mass is 9.95. The molecule has 198 valence electrons. The molecule has 5 heteroatoms. The van der Waals surface area contributed by atoms with Crippen molar-refractivity contribution in [3.63, 3.8) is 0 Å². The predicted molar refractivity (Wildman–Crippen MR) is 173 cm³/mol. The van der Waals surface area contributed by atoms with Crippen LogP contribution in [-0.2, 0) is 0 Å². The lowest BCUT2D eigenvalue weighted by Crippen LogP contribution is -2.03. The Morgan fingerprint density at radius 3 is 2.12 bits per heavy atom. The number of hydrogen-bond donors (Lipinski definition) is 0. The van der Waals surface area contributed by atoms with Crippen LogP contribution in [0.3, 0.4) is 0 Å². The van der Waals surface area contributed by atoms with E-state index in [0.717, 1.165) is 60.7 Å². The van der Waals surface area contributed by atoms with Gasteiger partial charge in [0.1, 0.15) is 28.0 Å². The van der Waals surface area contributed by atoms with Crippen molar-refractivity contribution in [2.24, 2.45) is 0 Å². The van der Waals surface area contributed by atoms with Gasteiger partial charge in [0.05, 0.1) is 11.0 Å². The van der Waals surface area contributed by atoms with Gasteiger partial charge in [0.2, 0.25) is 5.95 Å². The van der Waals surface area contributed by atoms with Crippen molar-refractivity contribution in [1.82, 2.24) is 14.5 Å². The largest absolute Gasteiger partial charge is 0.456 e. The van der Waals surface area contributed by atoms with Gasteiger partial charge in [0, 0.05) is 32.5 Å². The van der Waals surface area contributed by atoms with E-state index in [9.17, 15) is 0 Å². The number of hydrogen-bond acceptors (Lipinski definition) is 4. The zero-order valence-electron chi connectivity index (χ0n) is 22.6. The quantitative estimate of drug-likeness (QED) is 0.215. The molecule has 0 radical (unpaired) electrons. The van der Waals surface area contributed by atoms with Crippen molar-refractivity contribution in [2.45, 2.75) is 0 Å². The maximum Gasteiger partial charge on any atom is 0.236 e. The molecule has 5 nitrogen and oxygen atoms in total. The van der Waals surface area contributed by atoms with Crippen LogP contribution >= 0.6 is 0 Å². The zero-order chi connectivity index (χ0) is 27.8. The topological polar surface area (TPSA) is 57.0 Å². The summed E-state index contributed by atoms with van der Waals surface area (Å²) in [6.45, 7) is 0. The van der Waals surface area contributed by atoms with Gasteiger partial charge in [-0.05, 0) is 58.3 Å². The Bertz CT molecular complexity index is 2840. The molecule has 0 fully saturated rings. The van der Waals surface area contributed by atoms with Gasteiger partial charge in [-0.25, -0.2) is 9.97 Å². The van der Waals surface area contributed by atoms with Crippen LogP contribution < -0.4 is 0 Å². The van der Waals surface area contributed by atoms with Gasteiger partial charge < -0.3 is 8.83 Å². The van der Waals surface area contributed by atoms with E-state index in [1.54, 1.807) is 0 Å². The second-order valence-electron chi connectivity index (χ2n) is 11.3. The summed E-state index contributed by atoms with van der Waals surface area (Å²) in [6.07, 6.45) is 0. The minimum absolute atomic E-state index is 0.614. The zero-order valence-corrected chi connectivity index (χ0v) is 22.6. The second-order valence-corrected chi connectivity index (χ2v) is 11.3. The number of rotatable bonds is 2. The van der Waals surface area contributed by atoms with Gasteiger partial charge in [-0.1, -0.05) is 78.9 Å². The number of para-hydroxylation sites is 1. The normalized spacial score (nSPS) is 12.7. The van der Waals surface area contributed by atoms with E-state index in [-0.39, 0.29) is 0 Å². The first-order valence-electron chi connectivity index (χ1n) is 14.4. The Hall–Kier alpha value is -5.94. The summed E-state index contributed by atoms with van der Waals surface area (Å²) in [6, 6.07) is 40.0. The minimum atomic E-state index is 0.614. The van der Waals surface area contributed by atoms with E-state index in [2.05, 4.69) is 83.4 Å². The monoisotopic (exact) mass is 549 g/mol. The van der Waals surface area contributed by atoms with Crippen molar-refractivity contribution < 1.29 is 8.83 Å². The highest BCUT2D eigenvalue weighted by Crippen LogP contribution is 2.50. The van der Waals surface area contributed by atoms with Crippen LogP contribution in [0.1, 0.15) is 0 Å². The van der Waals surface area contributed by atoms with Gasteiger partial charge in [0.25, 0.3) is 0 Å². The van der Waals surface area contributed by atoms with E-state index >= 15 is 0 Å². The first kappa shape index (κ1) is 21.8. The Morgan fingerprint density at radius 1 is 0.488 bits per heavy atom. The number of fused-ring (bicyclic) bond motifs is 4. The molecule has 0 saturated heterocycles. The van der Waals surface area contributed by atoms with Gasteiger partial charge in [-0.15, -0.1) is 0 Å². The van der Waals surface area contributed by atoms with Gasteiger partial charge in [-0.3, -0.25) is 4.57 Å². The van der Waals surface area contributed by atoms with Crippen LogP contribution in [0, 0.1) is 0 Å². The maximum absolute atomic E-state index is 6.45. The lowest BCUT2D eigenvalue weighted by Gasteiger charge is -2.11. The number of furan rings is 2. The van der Waals surface area contributed by atoms with Crippen molar-refractivity contribution >= 4 is 76.6 Å². The Kier molecular flexibility index (Phi) is 3.78. The third-order valence-corrected chi connectivity index (χ3v) is 9.14. The summed E-state index contributed by atoms with van der Waals surface area (Å²) in [7, 11) is 0.